The van der Waals surface area contributed by atoms with Gasteiger partial charge in [0.1, 0.15) is 36.0 Å². The molecule has 0 radical (unpaired) electrons. The number of hydrogen-bond acceptors (Lipinski definition) is 6. The number of para-hydroxylation sites is 1. The first-order chi connectivity index (χ1) is 15.0. The predicted molar refractivity (Wildman–Crippen MR) is 120 cm³/mol. The molecule has 0 aliphatic carbocycles. The largest absolute Gasteiger partial charge is 0.478 e. The summed E-state index contributed by atoms with van der Waals surface area (Å²) in [5, 5.41) is 1.35. The molecule has 0 N–H and O–H groups in total. The monoisotopic (exact) mass is 434 g/mol. The van der Waals surface area contributed by atoms with Gasteiger partial charge >= 0.3 is 7.37 Å². The van der Waals surface area contributed by atoms with Crippen LogP contribution in [0.5, 0.6) is 17.2 Å². The van der Waals surface area contributed by atoms with E-state index in [4.69, 9.17) is 14.0 Å². The average Bonchev–Trinajstić information content (AvgIpc) is 2.78. The van der Waals surface area contributed by atoms with Gasteiger partial charge in [0, 0.05) is 29.8 Å². The first kappa shape index (κ1) is 18.9. The van der Waals surface area contributed by atoms with Crippen LogP contribution in [0.15, 0.2) is 54.6 Å². The lowest BCUT2D eigenvalue weighted by Crippen LogP contribution is -2.38. The van der Waals surface area contributed by atoms with E-state index in [0.29, 0.717) is 48.7 Å². The highest BCUT2D eigenvalue weighted by molar-refractivity contribution is 7.75. The van der Waals surface area contributed by atoms with Gasteiger partial charge in [-0.3, -0.25) is 14.4 Å². The molecule has 0 amide bonds. The maximum Gasteiger partial charge on any atom is 0.311 e. The van der Waals surface area contributed by atoms with Crippen molar-refractivity contribution in [3.8, 4) is 28.4 Å². The Labute approximate surface area is 181 Å². The van der Waals surface area contributed by atoms with E-state index >= 15 is 0 Å². The quantitative estimate of drug-likeness (QED) is 0.546. The van der Waals surface area contributed by atoms with Gasteiger partial charge in [-0.15, -0.1) is 0 Å². The van der Waals surface area contributed by atoms with Crippen LogP contribution in [0.4, 0.5) is 0 Å². The van der Waals surface area contributed by atoms with Crippen LogP contribution in [-0.2, 0) is 17.7 Å². The molecule has 3 aromatic carbocycles. The first-order valence-corrected chi connectivity index (χ1v) is 12.0. The standard InChI is InChI=1S/C24H23N2O4P/c1-25-12-16-11-21-19(13-26(2)14-28-21)24(23(16)29-15-25)31(27)22-10-6-4-8-18(22)17-7-3-5-9-20(17)30-31/h3-11H,12-15H2,1-2H3. The van der Waals surface area contributed by atoms with Crippen LogP contribution >= 0.6 is 7.37 Å². The van der Waals surface area contributed by atoms with E-state index in [2.05, 4.69) is 9.80 Å². The molecule has 0 fully saturated rings. The van der Waals surface area contributed by atoms with Crippen molar-refractivity contribution in [2.75, 3.05) is 27.6 Å². The van der Waals surface area contributed by atoms with Crippen molar-refractivity contribution in [2.24, 2.45) is 0 Å². The molecule has 0 aromatic heterocycles. The molecule has 7 heteroatoms. The summed E-state index contributed by atoms with van der Waals surface area (Å²) in [6.07, 6.45) is 0. The van der Waals surface area contributed by atoms with Gasteiger partial charge < -0.3 is 14.0 Å². The summed E-state index contributed by atoms with van der Waals surface area (Å²) in [6.45, 7) is 2.25. The molecular formula is C24H23N2O4P. The number of ether oxygens (including phenoxy) is 2. The van der Waals surface area contributed by atoms with Crippen molar-refractivity contribution >= 4 is 18.0 Å². The molecule has 0 spiro atoms. The second-order valence-corrected chi connectivity index (χ2v) is 10.6. The second kappa shape index (κ2) is 6.86. The Morgan fingerprint density at radius 1 is 0.839 bits per heavy atom. The number of nitrogens with zero attached hydrogens (tertiary/aromatic N) is 2. The van der Waals surface area contributed by atoms with Crippen molar-refractivity contribution < 1.29 is 18.6 Å². The predicted octanol–water partition coefficient (Wildman–Crippen LogP) is 3.54. The SMILES string of the molecule is CN1COc2c(cc3c(c2P2(=O)Oc4ccccc4-c4ccccc42)CN(C)CO3)C1. The van der Waals surface area contributed by atoms with Crippen LogP contribution in [0.1, 0.15) is 11.1 Å². The molecule has 3 heterocycles. The van der Waals surface area contributed by atoms with E-state index in [9.17, 15) is 4.57 Å². The van der Waals surface area contributed by atoms with Gasteiger partial charge in [-0.2, -0.15) is 0 Å². The molecule has 3 aliphatic heterocycles. The lowest BCUT2D eigenvalue weighted by molar-refractivity contribution is 0.112. The molecule has 0 saturated carbocycles. The summed E-state index contributed by atoms with van der Waals surface area (Å²) in [7, 11) is 0.484. The van der Waals surface area contributed by atoms with Gasteiger partial charge in [0.15, 0.2) is 0 Å². The van der Waals surface area contributed by atoms with Gasteiger partial charge in [-0.05, 0) is 37.9 Å². The molecular weight excluding hydrogens is 411 g/mol. The molecule has 31 heavy (non-hydrogen) atoms. The van der Waals surface area contributed by atoms with Gasteiger partial charge in [0.2, 0.25) is 0 Å². The Bertz CT molecular complexity index is 1260. The lowest BCUT2D eigenvalue weighted by atomic mass is 10.0. The Morgan fingerprint density at radius 3 is 2.42 bits per heavy atom. The summed E-state index contributed by atoms with van der Waals surface area (Å²) in [6, 6.07) is 17.6. The molecule has 1 unspecified atom stereocenters. The van der Waals surface area contributed by atoms with E-state index in [1.54, 1.807) is 0 Å². The number of rotatable bonds is 1. The summed E-state index contributed by atoms with van der Waals surface area (Å²) < 4.78 is 33.6. The summed E-state index contributed by atoms with van der Waals surface area (Å²) in [4.78, 5) is 4.14. The third-order valence-electron chi connectivity index (χ3n) is 6.05. The van der Waals surface area contributed by atoms with Gasteiger partial charge in [-0.1, -0.05) is 36.4 Å². The van der Waals surface area contributed by atoms with Crippen LogP contribution in [-0.4, -0.2) is 37.4 Å². The maximum atomic E-state index is 15.0. The number of benzene rings is 3. The second-order valence-electron chi connectivity index (χ2n) is 8.42. The minimum atomic E-state index is -3.51. The van der Waals surface area contributed by atoms with Gasteiger partial charge in [0.25, 0.3) is 0 Å². The molecule has 6 nitrogen and oxygen atoms in total. The normalized spacial score (nSPS) is 22.1. The van der Waals surface area contributed by atoms with Gasteiger partial charge in [-0.25, -0.2) is 0 Å². The van der Waals surface area contributed by atoms with Crippen molar-refractivity contribution in [3.05, 3.63) is 65.7 Å². The van der Waals surface area contributed by atoms with Gasteiger partial charge in [0.05, 0.1) is 5.30 Å². The van der Waals surface area contributed by atoms with Crippen molar-refractivity contribution in [3.63, 3.8) is 0 Å². The highest BCUT2D eigenvalue weighted by Crippen LogP contribution is 2.57. The third-order valence-corrected chi connectivity index (χ3v) is 8.59. The van der Waals surface area contributed by atoms with E-state index < -0.39 is 7.37 Å². The van der Waals surface area contributed by atoms with Crippen LogP contribution < -0.4 is 24.6 Å². The van der Waals surface area contributed by atoms with E-state index in [-0.39, 0.29) is 0 Å². The molecule has 3 aliphatic rings. The van der Waals surface area contributed by atoms with E-state index in [1.807, 2.05) is 68.7 Å². The molecule has 1 atom stereocenters. The fourth-order valence-electron chi connectivity index (χ4n) is 4.68. The lowest BCUT2D eigenvalue weighted by Gasteiger charge is -2.37. The van der Waals surface area contributed by atoms with Crippen LogP contribution in [0.25, 0.3) is 11.1 Å². The summed E-state index contributed by atoms with van der Waals surface area (Å²) >= 11 is 0. The zero-order valence-corrected chi connectivity index (χ0v) is 18.4. The number of fused-ring (bicyclic) bond motifs is 5. The van der Waals surface area contributed by atoms with Crippen LogP contribution in [0.2, 0.25) is 0 Å². The highest BCUT2D eigenvalue weighted by atomic mass is 31.2. The highest BCUT2D eigenvalue weighted by Gasteiger charge is 2.44. The third kappa shape index (κ3) is 2.83. The smallest absolute Gasteiger partial charge is 0.311 e. The Kier molecular flexibility index (Phi) is 4.19. The fourth-order valence-corrected chi connectivity index (χ4v) is 7.35. The average molecular weight is 434 g/mol. The first-order valence-electron chi connectivity index (χ1n) is 10.4. The molecule has 0 saturated heterocycles. The topological polar surface area (TPSA) is 51.2 Å². The minimum Gasteiger partial charge on any atom is -0.478 e. The molecule has 0 bridgehead atoms. The van der Waals surface area contributed by atoms with Crippen molar-refractivity contribution in [1.82, 2.24) is 9.80 Å². The van der Waals surface area contributed by atoms with Crippen LogP contribution in [0.3, 0.4) is 0 Å². The Hall–Kier alpha value is -2.79. The Balaban J connectivity index is 1.67. The van der Waals surface area contributed by atoms with E-state index in [1.165, 1.54) is 0 Å². The minimum absolute atomic E-state index is 0.438. The Morgan fingerprint density at radius 2 is 1.55 bits per heavy atom. The van der Waals surface area contributed by atoms with Crippen molar-refractivity contribution in [2.45, 2.75) is 13.1 Å². The van der Waals surface area contributed by atoms with E-state index in [0.717, 1.165) is 28.0 Å². The van der Waals surface area contributed by atoms with Crippen molar-refractivity contribution in [1.29, 1.82) is 0 Å². The maximum absolute atomic E-state index is 15.0. The zero-order chi connectivity index (χ0) is 21.2. The molecule has 6 rings (SSSR count). The number of hydrogen-bond donors (Lipinski definition) is 0. The zero-order valence-electron chi connectivity index (χ0n) is 17.5. The fraction of sp³-hybridized carbons (Fsp3) is 0.250. The molecule has 3 aromatic rings. The summed E-state index contributed by atoms with van der Waals surface area (Å²) in [5.41, 5.74) is 3.76. The van der Waals surface area contributed by atoms with Crippen LogP contribution in [0, 0.1) is 0 Å². The summed E-state index contributed by atoms with van der Waals surface area (Å²) in [5.74, 6) is 2.07. The molecule has 158 valence electrons.